The van der Waals surface area contributed by atoms with Gasteiger partial charge in [0.05, 0.1) is 6.04 Å². The first-order chi connectivity index (χ1) is 11.5. The Balaban J connectivity index is 1.64. The Kier molecular flexibility index (Phi) is 4.92. The van der Waals surface area contributed by atoms with Crippen LogP contribution in [0.4, 0.5) is 5.82 Å². The number of carbonyl (C=O) groups is 1. The fourth-order valence-electron chi connectivity index (χ4n) is 2.87. The van der Waals surface area contributed by atoms with Crippen molar-refractivity contribution in [2.45, 2.75) is 25.8 Å². The molecule has 24 heavy (non-hydrogen) atoms. The van der Waals surface area contributed by atoms with Crippen molar-refractivity contribution < 1.29 is 4.79 Å². The summed E-state index contributed by atoms with van der Waals surface area (Å²) in [5.41, 5.74) is 2.36. The Labute approximate surface area is 151 Å². The van der Waals surface area contributed by atoms with Gasteiger partial charge in [0.15, 0.2) is 11.0 Å². The number of hydrogen-bond acceptors (Lipinski definition) is 4. The number of amides is 1. The van der Waals surface area contributed by atoms with Gasteiger partial charge in [-0.15, -0.1) is 0 Å². The zero-order valence-electron chi connectivity index (χ0n) is 13.5. The Morgan fingerprint density at radius 2 is 1.92 bits per heavy atom. The van der Waals surface area contributed by atoms with E-state index in [1.165, 1.54) is 18.8 Å². The molecule has 1 amide bonds. The number of hydrogen-bond donors (Lipinski definition) is 1. The lowest BCUT2D eigenvalue weighted by molar-refractivity contribution is -0.119. The van der Waals surface area contributed by atoms with Crippen LogP contribution in [0.3, 0.4) is 0 Å². The quantitative estimate of drug-likeness (QED) is 0.842. The molecule has 1 saturated heterocycles. The molecule has 1 aliphatic heterocycles. The number of nitrogens with one attached hydrogen (secondary N) is 1. The summed E-state index contributed by atoms with van der Waals surface area (Å²) in [7, 11) is 0. The van der Waals surface area contributed by atoms with Gasteiger partial charge < -0.3 is 10.2 Å². The van der Waals surface area contributed by atoms with E-state index in [0.717, 1.165) is 18.7 Å². The van der Waals surface area contributed by atoms with Gasteiger partial charge in [0, 0.05) is 25.9 Å². The van der Waals surface area contributed by atoms with Gasteiger partial charge in [0.25, 0.3) is 0 Å². The van der Waals surface area contributed by atoms with Crippen LogP contribution in [-0.2, 0) is 4.79 Å². The normalized spacial score (nSPS) is 15.8. The summed E-state index contributed by atoms with van der Waals surface area (Å²) >= 11 is 12.1. The van der Waals surface area contributed by atoms with Gasteiger partial charge in [-0.3, -0.25) is 4.79 Å². The smallest absolute Gasteiger partial charge is 0.217 e. The molecule has 2 aromatic rings. The van der Waals surface area contributed by atoms with Gasteiger partial charge in [0.2, 0.25) is 5.91 Å². The van der Waals surface area contributed by atoms with Crippen LogP contribution in [0.2, 0.25) is 10.2 Å². The van der Waals surface area contributed by atoms with Crippen molar-refractivity contribution in [2.75, 3.05) is 18.0 Å². The lowest BCUT2D eigenvalue weighted by Gasteiger charge is -2.40. The van der Waals surface area contributed by atoms with Crippen molar-refractivity contribution in [3.8, 4) is 0 Å². The maximum atomic E-state index is 11.1. The number of carbonyl (C=O) groups excluding carboxylic acids is 1. The molecule has 0 saturated carbocycles. The van der Waals surface area contributed by atoms with Crippen molar-refractivity contribution in [3.63, 3.8) is 0 Å². The highest BCUT2D eigenvalue weighted by atomic mass is 35.5. The van der Waals surface area contributed by atoms with E-state index in [1.54, 1.807) is 0 Å². The van der Waals surface area contributed by atoms with Crippen LogP contribution in [0.5, 0.6) is 0 Å². The first kappa shape index (κ1) is 17.0. The summed E-state index contributed by atoms with van der Waals surface area (Å²) in [6.07, 6.45) is 1.43. The molecule has 7 heteroatoms. The highest BCUT2D eigenvalue weighted by Gasteiger charge is 2.31. The van der Waals surface area contributed by atoms with E-state index in [1.807, 2.05) is 6.92 Å². The molecular weight excluding hydrogens is 347 g/mol. The summed E-state index contributed by atoms with van der Waals surface area (Å²) in [5, 5.41) is 3.57. The van der Waals surface area contributed by atoms with Crippen LogP contribution >= 0.6 is 23.2 Å². The number of benzene rings is 1. The fourth-order valence-corrected chi connectivity index (χ4v) is 3.21. The zero-order valence-corrected chi connectivity index (χ0v) is 15.0. The van der Waals surface area contributed by atoms with E-state index < -0.39 is 0 Å². The standard InChI is InChI=1S/C17H18Cl2N4O/c1-10(22-11(2)24)12-3-5-13(6-4-12)14-7-23(8-14)17-15(18)16(19)20-9-21-17/h3-6,9-10,14H,7-8H2,1-2H3,(H,22,24)/t10-/m0/s1. The molecule has 1 N–H and O–H groups in total. The molecule has 0 spiro atoms. The molecule has 1 aromatic heterocycles. The first-order valence-electron chi connectivity index (χ1n) is 7.73. The predicted molar refractivity (Wildman–Crippen MR) is 95.7 cm³/mol. The maximum absolute atomic E-state index is 11.1. The van der Waals surface area contributed by atoms with Gasteiger partial charge in [-0.1, -0.05) is 47.5 Å². The average molecular weight is 365 g/mol. The van der Waals surface area contributed by atoms with E-state index in [2.05, 4.69) is 44.5 Å². The molecule has 1 atom stereocenters. The summed E-state index contributed by atoms with van der Waals surface area (Å²) < 4.78 is 0. The minimum absolute atomic E-state index is 0.0106. The van der Waals surface area contributed by atoms with Crippen molar-refractivity contribution in [1.82, 2.24) is 15.3 Å². The molecule has 1 fully saturated rings. The lowest BCUT2D eigenvalue weighted by atomic mass is 9.90. The molecule has 2 heterocycles. The molecule has 1 aliphatic rings. The summed E-state index contributed by atoms with van der Waals surface area (Å²) in [6, 6.07) is 8.37. The Morgan fingerprint density at radius 3 is 2.54 bits per heavy atom. The molecule has 0 unspecified atom stereocenters. The molecule has 5 nitrogen and oxygen atoms in total. The maximum Gasteiger partial charge on any atom is 0.217 e. The van der Waals surface area contributed by atoms with E-state index in [9.17, 15) is 4.79 Å². The van der Waals surface area contributed by atoms with Gasteiger partial charge in [0.1, 0.15) is 11.3 Å². The third kappa shape index (κ3) is 3.47. The average Bonchev–Trinajstić information content (AvgIpc) is 2.50. The molecule has 3 rings (SSSR count). The molecule has 1 aromatic carbocycles. The van der Waals surface area contributed by atoms with Gasteiger partial charge >= 0.3 is 0 Å². The Morgan fingerprint density at radius 1 is 1.25 bits per heavy atom. The molecular formula is C17H18Cl2N4O. The number of aromatic nitrogens is 2. The summed E-state index contributed by atoms with van der Waals surface area (Å²) in [6.45, 7) is 5.18. The second kappa shape index (κ2) is 6.95. The van der Waals surface area contributed by atoms with E-state index in [0.29, 0.717) is 16.8 Å². The number of nitrogens with zero attached hydrogens (tertiary/aromatic N) is 3. The van der Waals surface area contributed by atoms with E-state index >= 15 is 0 Å². The monoisotopic (exact) mass is 364 g/mol. The SMILES string of the molecule is CC(=O)N[C@@H](C)c1ccc(C2CN(c3ncnc(Cl)c3Cl)C2)cc1. The van der Waals surface area contributed by atoms with Crippen LogP contribution in [0.25, 0.3) is 0 Å². The minimum atomic E-state index is -0.0263. The molecule has 126 valence electrons. The topological polar surface area (TPSA) is 58.1 Å². The zero-order chi connectivity index (χ0) is 17.3. The Bertz CT molecular complexity index is 745. The van der Waals surface area contributed by atoms with Crippen LogP contribution in [0, 0.1) is 0 Å². The van der Waals surface area contributed by atoms with Crippen LogP contribution in [0.1, 0.15) is 36.9 Å². The van der Waals surface area contributed by atoms with Gasteiger partial charge in [-0.2, -0.15) is 0 Å². The molecule has 0 radical (unpaired) electrons. The van der Waals surface area contributed by atoms with Crippen LogP contribution in [0.15, 0.2) is 30.6 Å². The second-order valence-electron chi connectivity index (χ2n) is 5.99. The minimum Gasteiger partial charge on any atom is -0.354 e. The van der Waals surface area contributed by atoms with Crippen molar-refractivity contribution in [3.05, 3.63) is 51.9 Å². The summed E-state index contributed by atoms with van der Waals surface area (Å²) in [5.74, 6) is 1.09. The van der Waals surface area contributed by atoms with Crippen molar-refractivity contribution in [2.24, 2.45) is 0 Å². The van der Waals surface area contributed by atoms with Crippen LogP contribution < -0.4 is 10.2 Å². The van der Waals surface area contributed by atoms with E-state index in [4.69, 9.17) is 23.2 Å². The van der Waals surface area contributed by atoms with Gasteiger partial charge in [-0.25, -0.2) is 9.97 Å². The van der Waals surface area contributed by atoms with E-state index in [-0.39, 0.29) is 17.1 Å². The molecule has 0 bridgehead atoms. The van der Waals surface area contributed by atoms with Crippen molar-refractivity contribution in [1.29, 1.82) is 0 Å². The highest BCUT2D eigenvalue weighted by Crippen LogP contribution is 2.36. The first-order valence-corrected chi connectivity index (χ1v) is 8.49. The van der Waals surface area contributed by atoms with Crippen LogP contribution in [-0.4, -0.2) is 29.0 Å². The summed E-state index contributed by atoms with van der Waals surface area (Å²) in [4.78, 5) is 21.3. The number of anilines is 1. The number of halogens is 2. The number of rotatable bonds is 4. The third-order valence-corrected chi connectivity index (χ3v) is 4.97. The molecule has 0 aliphatic carbocycles. The Hall–Kier alpha value is -1.85. The predicted octanol–water partition coefficient (Wildman–Crippen LogP) is 3.58. The third-order valence-electron chi connectivity index (χ3n) is 4.24. The lowest BCUT2D eigenvalue weighted by Crippen LogP contribution is -2.45. The van der Waals surface area contributed by atoms with Crippen molar-refractivity contribution >= 4 is 34.9 Å². The fraction of sp³-hybridized carbons (Fsp3) is 0.353. The highest BCUT2D eigenvalue weighted by molar-refractivity contribution is 6.42. The largest absolute Gasteiger partial charge is 0.354 e. The second-order valence-corrected chi connectivity index (χ2v) is 6.73. The van der Waals surface area contributed by atoms with Gasteiger partial charge in [-0.05, 0) is 18.1 Å².